The van der Waals surface area contributed by atoms with E-state index in [0.717, 1.165) is 38.2 Å². The highest BCUT2D eigenvalue weighted by molar-refractivity contribution is 5.44. The standard InChI is InChI=1S/C20H22FN5/c21-16-6-8-17(9-7-16)24-18-4-1-12-25(14-18)15-19-5-2-13-26(19)20-22-10-3-11-23-20/h2-3,5-11,13,18,24H,1,4,12,14-15H2/t18-/m0/s1. The van der Waals surface area contributed by atoms with Crippen LogP contribution in [-0.4, -0.2) is 38.6 Å². The summed E-state index contributed by atoms with van der Waals surface area (Å²) in [7, 11) is 0. The quantitative estimate of drug-likeness (QED) is 0.764. The molecule has 0 amide bonds. The number of nitrogens with zero attached hydrogens (tertiary/aromatic N) is 4. The topological polar surface area (TPSA) is 46.0 Å². The van der Waals surface area contributed by atoms with E-state index in [4.69, 9.17) is 0 Å². The van der Waals surface area contributed by atoms with Crippen LogP contribution < -0.4 is 5.32 Å². The Morgan fingerprint density at radius 2 is 1.88 bits per heavy atom. The maximum Gasteiger partial charge on any atom is 0.233 e. The molecular weight excluding hydrogens is 329 g/mol. The van der Waals surface area contributed by atoms with E-state index < -0.39 is 0 Å². The number of likely N-dealkylation sites (tertiary alicyclic amines) is 1. The van der Waals surface area contributed by atoms with Gasteiger partial charge in [0.1, 0.15) is 5.82 Å². The molecule has 1 aliphatic rings. The second-order valence-electron chi connectivity index (χ2n) is 6.64. The van der Waals surface area contributed by atoms with Crippen LogP contribution in [0.4, 0.5) is 10.1 Å². The fourth-order valence-corrected chi connectivity index (χ4v) is 3.48. The summed E-state index contributed by atoms with van der Waals surface area (Å²) in [4.78, 5) is 11.1. The van der Waals surface area contributed by atoms with E-state index in [-0.39, 0.29) is 5.82 Å². The van der Waals surface area contributed by atoms with E-state index in [1.807, 2.05) is 22.9 Å². The lowest BCUT2D eigenvalue weighted by Crippen LogP contribution is -2.41. The molecule has 0 spiro atoms. The first-order valence-corrected chi connectivity index (χ1v) is 8.96. The molecule has 4 rings (SSSR count). The number of rotatable bonds is 5. The molecule has 0 radical (unpaired) electrons. The summed E-state index contributed by atoms with van der Waals surface area (Å²) in [6, 6.07) is 12.9. The van der Waals surface area contributed by atoms with Gasteiger partial charge in [-0.2, -0.15) is 0 Å². The van der Waals surface area contributed by atoms with Gasteiger partial charge < -0.3 is 5.32 Å². The van der Waals surface area contributed by atoms with E-state index in [2.05, 4.69) is 26.3 Å². The maximum atomic E-state index is 13.1. The number of piperidine rings is 1. The van der Waals surface area contributed by atoms with Crippen LogP contribution in [0.5, 0.6) is 0 Å². The third-order valence-corrected chi connectivity index (χ3v) is 4.71. The minimum atomic E-state index is -0.204. The average Bonchev–Trinajstić information content (AvgIpc) is 3.13. The van der Waals surface area contributed by atoms with Gasteiger partial charge in [-0.1, -0.05) is 0 Å². The molecule has 6 heteroatoms. The van der Waals surface area contributed by atoms with Crippen molar-refractivity contribution in [2.45, 2.75) is 25.4 Å². The Kier molecular flexibility index (Phi) is 4.93. The van der Waals surface area contributed by atoms with Crippen LogP contribution in [0.25, 0.3) is 5.95 Å². The predicted molar refractivity (Wildman–Crippen MR) is 99.7 cm³/mol. The molecule has 3 aromatic rings. The van der Waals surface area contributed by atoms with Crippen LogP contribution in [0, 0.1) is 5.82 Å². The maximum absolute atomic E-state index is 13.1. The molecule has 1 fully saturated rings. The van der Waals surface area contributed by atoms with Crippen LogP contribution in [0.1, 0.15) is 18.5 Å². The number of hydrogen-bond donors (Lipinski definition) is 1. The monoisotopic (exact) mass is 351 g/mol. The summed E-state index contributed by atoms with van der Waals surface area (Å²) in [6.07, 6.45) is 7.78. The summed E-state index contributed by atoms with van der Waals surface area (Å²) >= 11 is 0. The molecule has 0 unspecified atom stereocenters. The van der Waals surface area contributed by atoms with Crippen LogP contribution >= 0.6 is 0 Å². The summed E-state index contributed by atoms with van der Waals surface area (Å²) < 4.78 is 15.1. The van der Waals surface area contributed by atoms with Crippen molar-refractivity contribution < 1.29 is 4.39 Å². The first-order valence-electron chi connectivity index (χ1n) is 8.96. The van der Waals surface area contributed by atoms with Crippen molar-refractivity contribution in [3.8, 4) is 5.95 Å². The SMILES string of the molecule is Fc1ccc(N[C@H]2CCCN(Cc3cccn3-c3ncccn3)C2)cc1. The number of hydrogen-bond acceptors (Lipinski definition) is 4. The summed E-state index contributed by atoms with van der Waals surface area (Å²) in [5, 5.41) is 3.52. The lowest BCUT2D eigenvalue weighted by molar-refractivity contribution is 0.205. The van der Waals surface area contributed by atoms with Gasteiger partial charge in [-0.25, -0.2) is 14.4 Å². The average molecular weight is 351 g/mol. The first-order chi connectivity index (χ1) is 12.8. The second kappa shape index (κ2) is 7.66. The van der Waals surface area contributed by atoms with Gasteiger partial charge in [0.2, 0.25) is 5.95 Å². The van der Waals surface area contributed by atoms with E-state index >= 15 is 0 Å². The number of halogens is 1. The first kappa shape index (κ1) is 16.7. The Morgan fingerprint density at radius 3 is 2.69 bits per heavy atom. The normalized spacial score (nSPS) is 18.0. The van der Waals surface area contributed by atoms with E-state index in [0.29, 0.717) is 12.0 Å². The van der Waals surface area contributed by atoms with Crippen molar-refractivity contribution in [3.63, 3.8) is 0 Å². The third-order valence-electron chi connectivity index (χ3n) is 4.71. The Balaban J connectivity index is 1.41. The Hall–Kier alpha value is -2.73. The zero-order chi connectivity index (χ0) is 17.8. The Morgan fingerprint density at radius 1 is 1.08 bits per heavy atom. The number of anilines is 1. The van der Waals surface area contributed by atoms with E-state index in [1.165, 1.54) is 17.8 Å². The molecular formula is C20H22FN5. The van der Waals surface area contributed by atoms with E-state index in [9.17, 15) is 4.39 Å². The van der Waals surface area contributed by atoms with Gasteiger partial charge in [-0.3, -0.25) is 9.47 Å². The molecule has 1 N–H and O–H groups in total. The van der Waals surface area contributed by atoms with Crippen molar-refractivity contribution in [1.82, 2.24) is 19.4 Å². The van der Waals surface area contributed by atoms with Crippen molar-refractivity contribution in [2.24, 2.45) is 0 Å². The third kappa shape index (κ3) is 3.91. The highest BCUT2D eigenvalue weighted by Gasteiger charge is 2.21. The lowest BCUT2D eigenvalue weighted by atomic mass is 10.0. The zero-order valence-electron chi connectivity index (χ0n) is 14.6. The molecule has 0 bridgehead atoms. The molecule has 3 heterocycles. The van der Waals surface area contributed by atoms with Crippen LogP contribution in [0.2, 0.25) is 0 Å². The molecule has 1 atom stereocenters. The fraction of sp³-hybridized carbons (Fsp3) is 0.300. The lowest BCUT2D eigenvalue weighted by Gasteiger charge is -2.33. The summed E-state index contributed by atoms with van der Waals surface area (Å²) in [5.41, 5.74) is 2.15. The minimum absolute atomic E-state index is 0.204. The van der Waals surface area contributed by atoms with Gasteiger partial charge in [0.25, 0.3) is 0 Å². The van der Waals surface area contributed by atoms with Gasteiger partial charge in [0.15, 0.2) is 0 Å². The molecule has 134 valence electrons. The predicted octanol–water partition coefficient (Wildman–Crippen LogP) is 3.48. The summed E-state index contributed by atoms with van der Waals surface area (Å²) in [5.74, 6) is 0.496. The van der Waals surface area contributed by atoms with Crippen molar-refractivity contribution in [1.29, 1.82) is 0 Å². The van der Waals surface area contributed by atoms with Crippen molar-refractivity contribution in [2.75, 3.05) is 18.4 Å². The Bertz CT molecular complexity index is 831. The largest absolute Gasteiger partial charge is 0.381 e. The molecule has 1 saturated heterocycles. The minimum Gasteiger partial charge on any atom is -0.381 e. The second-order valence-corrected chi connectivity index (χ2v) is 6.64. The molecule has 0 saturated carbocycles. The molecule has 0 aliphatic carbocycles. The molecule has 1 aliphatic heterocycles. The van der Waals surface area contributed by atoms with Gasteiger partial charge >= 0.3 is 0 Å². The van der Waals surface area contributed by atoms with Crippen LogP contribution in [0.3, 0.4) is 0 Å². The zero-order valence-corrected chi connectivity index (χ0v) is 14.6. The smallest absolute Gasteiger partial charge is 0.233 e. The fourth-order valence-electron chi connectivity index (χ4n) is 3.48. The Labute approximate surface area is 152 Å². The van der Waals surface area contributed by atoms with Gasteiger partial charge in [0.05, 0.1) is 0 Å². The van der Waals surface area contributed by atoms with Crippen LogP contribution in [-0.2, 0) is 6.54 Å². The molecule has 26 heavy (non-hydrogen) atoms. The van der Waals surface area contributed by atoms with E-state index in [1.54, 1.807) is 24.5 Å². The van der Waals surface area contributed by atoms with Gasteiger partial charge in [-0.15, -0.1) is 0 Å². The number of aromatic nitrogens is 3. The highest BCUT2D eigenvalue weighted by Crippen LogP contribution is 2.19. The molecule has 5 nitrogen and oxygen atoms in total. The molecule has 1 aromatic carbocycles. The number of nitrogens with one attached hydrogen (secondary N) is 1. The van der Waals surface area contributed by atoms with Crippen LogP contribution in [0.15, 0.2) is 61.1 Å². The molecule has 2 aromatic heterocycles. The summed E-state index contributed by atoms with van der Waals surface area (Å²) in [6.45, 7) is 2.88. The van der Waals surface area contributed by atoms with Crippen molar-refractivity contribution in [3.05, 3.63) is 72.6 Å². The van der Waals surface area contributed by atoms with Gasteiger partial charge in [0, 0.05) is 49.1 Å². The van der Waals surface area contributed by atoms with Crippen molar-refractivity contribution >= 4 is 5.69 Å². The number of benzene rings is 1. The van der Waals surface area contributed by atoms with Gasteiger partial charge in [-0.05, 0) is 61.9 Å². The highest BCUT2D eigenvalue weighted by atomic mass is 19.1.